The van der Waals surface area contributed by atoms with Gasteiger partial charge in [-0.15, -0.1) is 0 Å². The van der Waals surface area contributed by atoms with Crippen molar-refractivity contribution in [2.75, 3.05) is 0 Å². The molecule has 2 bridgehead atoms. The van der Waals surface area contributed by atoms with Crippen LogP contribution in [0, 0.1) is 0 Å². The van der Waals surface area contributed by atoms with Crippen LogP contribution in [0.25, 0.3) is 5.52 Å². The lowest BCUT2D eigenvalue weighted by molar-refractivity contribution is 0.0925. The maximum Gasteiger partial charge on any atom is 0.271 e. The van der Waals surface area contributed by atoms with Crippen LogP contribution in [0.5, 0.6) is 0 Å². The van der Waals surface area contributed by atoms with Gasteiger partial charge in [-0.3, -0.25) is 4.79 Å². The van der Waals surface area contributed by atoms with E-state index in [1.165, 1.54) is 12.8 Å². The summed E-state index contributed by atoms with van der Waals surface area (Å²) in [6, 6.07) is 5.21. The monoisotopic (exact) mass is 256 g/mol. The Balaban J connectivity index is 1.53. The Morgan fingerprint density at radius 1 is 1.47 bits per heavy atom. The number of aromatic nitrogens is 2. The number of amides is 1. The summed E-state index contributed by atoms with van der Waals surface area (Å²) < 4.78 is 1.92. The highest BCUT2D eigenvalue weighted by atomic mass is 16.2. The Labute approximate surface area is 111 Å². The van der Waals surface area contributed by atoms with E-state index in [1.807, 2.05) is 22.7 Å². The van der Waals surface area contributed by atoms with Gasteiger partial charge in [-0.2, -0.15) is 0 Å². The lowest BCUT2D eigenvalue weighted by atomic mass is 9.95. The van der Waals surface area contributed by atoms with Gasteiger partial charge in [-0.1, -0.05) is 0 Å². The summed E-state index contributed by atoms with van der Waals surface area (Å²) in [4.78, 5) is 16.5. The van der Waals surface area contributed by atoms with Gasteiger partial charge in [0, 0.05) is 30.5 Å². The van der Waals surface area contributed by atoms with E-state index in [0.717, 1.165) is 11.9 Å². The van der Waals surface area contributed by atoms with Gasteiger partial charge in [0.15, 0.2) is 0 Å². The Kier molecular flexibility index (Phi) is 2.35. The third kappa shape index (κ3) is 1.81. The Bertz CT molecular complexity index is 635. The molecule has 3 atom stereocenters. The van der Waals surface area contributed by atoms with Crippen LogP contribution in [-0.4, -0.2) is 33.4 Å². The molecule has 4 heterocycles. The van der Waals surface area contributed by atoms with Gasteiger partial charge >= 0.3 is 0 Å². The average Bonchev–Trinajstić information content (AvgIpc) is 3.13. The molecule has 5 heteroatoms. The zero-order valence-corrected chi connectivity index (χ0v) is 10.5. The smallest absolute Gasteiger partial charge is 0.271 e. The van der Waals surface area contributed by atoms with E-state index < -0.39 is 0 Å². The van der Waals surface area contributed by atoms with E-state index in [2.05, 4.69) is 15.6 Å². The summed E-state index contributed by atoms with van der Waals surface area (Å²) in [7, 11) is 0. The van der Waals surface area contributed by atoms with Gasteiger partial charge in [0.1, 0.15) is 5.69 Å². The number of nitrogens with zero attached hydrogens (tertiary/aromatic N) is 2. The molecule has 5 nitrogen and oxygen atoms in total. The molecule has 0 saturated carbocycles. The SMILES string of the molecule is O=C(N[C@@H]1C[C@H]2CC[C@@H]1N2)c1cn2cccc2cn1. The van der Waals surface area contributed by atoms with Crippen molar-refractivity contribution in [2.45, 2.75) is 37.4 Å². The summed E-state index contributed by atoms with van der Waals surface area (Å²) in [5, 5.41) is 6.63. The second-order valence-corrected chi connectivity index (χ2v) is 5.48. The van der Waals surface area contributed by atoms with Crippen LogP contribution in [0.15, 0.2) is 30.7 Å². The molecule has 1 amide bonds. The molecule has 0 aromatic carbocycles. The second-order valence-electron chi connectivity index (χ2n) is 5.48. The maximum atomic E-state index is 12.2. The van der Waals surface area contributed by atoms with E-state index in [4.69, 9.17) is 0 Å². The normalized spacial score (nSPS) is 28.9. The summed E-state index contributed by atoms with van der Waals surface area (Å²) in [6.45, 7) is 0. The minimum atomic E-state index is -0.0741. The molecule has 4 rings (SSSR count). The van der Waals surface area contributed by atoms with Crippen LogP contribution in [0.4, 0.5) is 0 Å². The third-order valence-electron chi connectivity index (χ3n) is 4.26. The molecule has 0 radical (unpaired) electrons. The number of fused-ring (bicyclic) bond motifs is 3. The minimum Gasteiger partial charge on any atom is -0.346 e. The van der Waals surface area contributed by atoms with E-state index in [9.17, 15) is 4.79 Å². The number of rotatable bonds is 2. The molecule has 98 valence electrons. The number of hydrogen-bond donors (Lipinski definition) is 2. The van der Waals surface area contributed by atoms with E-state index in [0.29, 0.717) is 17.8 Å². The average molecular weight is 256 g/mol. The Morgan fingerprint density at radius 3 is 3.21 bits per heavy atom. The number of carbonyl (C=O) groups excluding carboxylic acids is 1. The van der Waals surface area contributed by atoms with E-state index in [1.54, 1.807) is 12.4 Å². The highest BCUT2D eigenvalue weighted by Gasteiger charge is 2.39. The fourth-order valence-electron chi connectivity index (χ4n) is 3.28. The molecule has 2 aromatic heterocycles. The van der Waals surface area contributed by atoms with Gasteiger partial charge in [-0.05, 0) is 31.4 Å². The lowest BCUT2D eigenvalue weighted by Crippen LogP contribution is -2.43. The predicted molar refractivity (Wildman–Crippen MR) is 71.0 cm³/mol. The fraction of sp³-hybridized carbons (Fsp3) is 0.429. The third-order valence-corrected chi connectivity index (χ3v) is 4.26. The first kappa shape index (κ1) is 11.0. The van der Waals surface area contributed by atoms with Gasteiger partial charge in [0.25, 0.3) is 5.91 Å². The first-order valence-electron chi connectivity index (χ1n) is 6.79. The molecule has 2 aliphatic heterocycles. The molecule has 2 fully saturated rings. The molecular formula is C14H16N4O. The quantitative estimate of drug-likeness (QED) is 0.841. The second kappa shape index (κ2) is 4.06. The van der Waals surface area contributed by atoms with Crippen molar-refractivity contribution in [3.8, 4) is 0 Å². The molecule has 2 aliphatic rings. The standard InChI is InChI=1S/C14H16N4O/c19-14(17-12-6-9-3-4-11(12)16-9)13-8-18-5-1-2-10(18)7-15-13/h1-2,5,7-9,11-12,16H,3-4,6H2,(H,17,19)/t9-,11+,12-/m1/s1. The van der Waals surface area contributed by atoms with Crippen LogP contribution in [0.3, 0.4) is 0 Å². The molecule has 0 spiro atoms. The van der Waals surface area contributed by atoms with Crippen LogP contribution in [0.1, 0.15) is 29.8 Å². The maximum absolute atomic E-state index is 12.2. The molecule has 0 aliphatic carbocycles. The van der Waals surface area contributed by atoms with Crippen LogP contribution >= 0.6 is 0 Å². The summed E-state index contributed by atoms with van der Waals surface area (Å²) in [5.41, 5.74) is 1.48. The summed E-state index contributed by atoms with van der Waals surface area (Å²) in [5.74, 6) is -0.0741. The number of carbonyl (C=O) groups is 1. The summed E-state index contributed by atoms with van der Waals surface area (Å²) >= 11 is 0. The Morgan fingerprint density at radius 2 is 2.42 bits per heavy atom. The van der Waals surface area contributed by atoms with Crippen molar-refractivity contribution < 1.29 is 4.79 Å². The minimum absolute atomic E-state index is 0.0741. The molecule has 0 unspecified atom stereocenters. The predicted octanol–water partition coefficient (Wildman–Crippen LogP) is 0.957. The van der Waals surface area contributed by atoms with Crippen LogP contribution in [-0.2, 0) is 0 Å². The first-order chi connectivity index (χ1) is 9.29. The topological polar surface area (TPSA) is 58.4 Å². The van der Waals surface area contributed by atoms with E-state index in [-0.39, 0.29) is 11.9 Å². The van der Waals surface area contributed by atoms with Gasteiger partial charge < -0.3 is 15.0 Å². The van der Waals surface area contributed by atoms with Crippen molar-refractivity contribution in [1.82, 2.24) is 20.0 Å². The largest absolute Gasteiger partial charge is 0.346 e. The molecule has 19 heavy (non-hydrogen) atoms. The van der Waals surface area contributed by atoms with Gasteiger partial charge in [-0.25, -0.2) is 4.98 Å². The lowest BCUT2D eigenvalue weighted by Gasteiger charge is -2.21. The first-order valence-corrected chi connectivity index (χ1v) is 6.79. The highest BCUT2D eigenvalue weighted by Crippen LogP contribution is 2.28. The van der Waals surface area contributed by atoms with Crippen molar-refractivity contribution in [1.29, 1.82) is 0 Å². The van der Waals surface area contributed by atoms with Crippen molar-refractivity contribution in [2.24, 2.45) is 0 Å². The van der Waals surface area contributed by atoms with Crippen molar-refractivity contribution >= 4 is 11.4 Å². The highest BCUT2D eigenvalue weighted by molar-refractivity contribution is 5.92. The molecule has 2 aromatic rings. The van der Waals surface area contributed by atoms with Gasteiger partial charge in [0.2, 0.25) is 0 Å². The van der Waals surface area contributed by atoms with E-state index >= 15 is 0 Å². The van der Waals surface area contributed by atoms with Crippen molar-refractivity contribution in [3.63, 3.8) is 0 Å². The van der Waals surface area contributed by atoms with Crippen LogP contribution in [0.2, 0.25) is 0 Å². The fourth-order valence-corrected chi connectivity index (χ4v) is 3.28. The molecule has 2 N–H and O–H groups in total. The molecule has 2 saturated heterocycles. The zero-order chi connectivity index (χ0) is 12.8. The zero-order valence-electron chi connectivity index (χ0n) is 10.5. The number of nitrogens with one attached hydrogen (secondary N) is 2. The number of hydrogen-bond acceptors (Lipinski definition) is 3. The Hall–Kier alpha value is -1.88. The van der Waals surface area contributed by atoms with Crippen molar-refractivity contribution in [3.05, 3.63) is 36.4 Å². The molecular weight excluding hydrogens is 240 g/mol. The van der Waals surface area contributed by atoms with Gasteiger partial charge in [0.05, 0.1) is 11.7 Å². The van der Waals surface area contributed by atoms with Crippen LogP contribution < -0.4 is 10.6 Å². The summed E-state index contributed by atoms with van der Waals surface area (Å²) in [6.07, 6.45) is 8.89.